The summed E-state index contributed by atoms with van der Waals surface area (Å²) in [6, 6.07) is 4.95. The minimum atomic E-state index is -0.626. The molecule has 2 nitrogen and oxygen atoms in total. The van der Waals surface area contributed by atoms with Crippen molar-refractivity contribution in [3.63, 3.8) is 0 Å². The summed E-state index contributed by atoms with van der Waals surface area (Å²) >= 11 is 2.99. The highest BCUT2D eigenvalue weighted by Gasteiger charge is 2.21. The standard InChI is InChI=1S/C17H14BrF2NO/c1-11-8-15(17(22)21(2)10-11)13(4-3-7-18)14-9-12(19)5-6-16(14)20/h5-6,8-10,13H,4H2,1-2H3. The van der Waals surface area contributed by atoms with Gasteiger partial charge in [0.25, 0.3) is 5.56 Å². The van der Waals surface area contributed by atoms with E-state index >= 15 is 0 Å². The molecule has 1 heterocycles. The number of rotatable bonds is 3. The Kier molecular flexibility index (Phi) is 5.15. The average molecular weight is 366 g/mol. The minimum Gasteiger partial charge on any atom is -0.318 e. The number of aromatic nitrogens is 1. The summed E-state index contributed by atoms with van der Waals surface area (Å²) in [5.41, 5.74) is 1.17. The first-order valence-electron chi connectivity index (χ1n) is 6.64. The minimum absolute atomic E-state index is 0.137. The van der Waals surface area contributed by atoms with Crippen LogP contribution in [0.25, 0.3) is 0 Å². The molecule has 114 valence electrons. The maximum Gasteiger partial charge on any atom is 0.254 e. The van der Waals surface area contributed by atoms with Crippen LogP contribution < -0.4 is 5.56 Å². The third-order valence-electron chi connectivity index (χ3n) is 3.43. The van der Waals surface area contributed by atoms with E-state index in [1.54, 1.807) is 19.3 Å². The highest BCUT2D eigenvalue weighted by molar-refractivity contribution is 9.12. The number of benzene rings is 1. The monoisotopic (exact) mass is 365 g/mol. The van der Waals surface area contributed by atoms with Gasteiger partial charge >= 0.3 is 0 Å². The van der Waals surface area contributed by atoms with Gasteiger partial charge in [-0.25, -0.2) is 8.78 Å². The summed E-state index contributed by atoms with van der Waals surface area (Å²) in [5, 5.41) is 0. The zero-order valence-electron chi connectivity index (χ0n) is 12.2. The van der Waals surface area contributed by atoms with Crippen LogP contribution in [-0.4, -0.2) is 4.57 Å². The van der Waals surface area contributed by atoms with E-state index in [2.05, 4.69) is 26.7 Å². The maximum absolute atomic E-state index is 14.1. The van der Waals surface area contributed by atoms with Gasteiger partial charge in [0.15, 0.2) is 0 Å². The van der Waals surface area contributed by atoms with E-state index in [-0.39, 0.29) is 17.5 Å². The summed E-state index contributed by atoms with van der Waals surface area (Å²) < 4.78 is 29.1. The van der Waals surface area contributed by atoms with Crippen molar-refractivity contribution in [3.05, 3.63) is 69.1 Å². The molecule has 1 atom stereocenters. The van der Waals surface area contributed by atoms with Crippen molar-refractivity contribution in [2.45, 2.75) is 19.3 Å². The Bertz CT molecular complexity index is 818. The van der Waals surface area contributed by atoms with E-state index in [1.165, 1.54) is 4.57 Å². The molecule has 0 saturated carbocycles. The fourth-order valence-corrected chi connectivity index (χ4v) is 2.63. The van der Waals surface area contributed by atoms with Crippen LogP contribution in [-0.2, 0) is 7.05 Å². The van der Waals surface area contributed by atoms with Crippen LogP contribution in [0.3, 0.4) is 0 Å². The lowest BCUT2D eigenvalue weighted by Gasteiger charge is -2.17. The molecule has 0 bridgehead atoms. The molecule has 0 N–H and O–H groups in total. The van der Waals surface area contributed by atoms with Gasteiger partial charge in [-0.1, -0.05) is 5.92 Å². The lowest BCUT2D eigenvalue weighted by Crippen LogP contribution is -2.24. The quantitative estimate of drug-likeness (QED) is 0.757. The van der Waals surface area contributed by atoms with Crippen molar-refractivity contribution >= 4 is 15.9 Å². The average Bonchev–Trinajstić information content (AvgIpc) is 2.47. The molecule has 0 amide bonds. The highest BCUT2D eigenvalue weighted by atomic mass is 79.9. The molecule has 22 heavy (non-hydrogen) atoms. The number of aryl methyl sites for hydroxylation is 2. The molecule has 1 unspecified atom stereocenters. The molecule has 1 aromatic heterocycles. The van der Waals surface area contributed by atoms with Gasteiger partial charge in [-0.05, 0) is 47.1 Å². The number of halogens is 3. The van der Waals surface area contributed by atoms with Gasteiger partial charge in [0, 0.05) is 47.1 Å². The predicted molar refractivity (Wildman–Crippen MR) is 85.9 cm³/mol. The van der Waals surface area contributed by atoms with E-state index in [0.717, 1.165) is 23.8 Å². The molecule has 2 rings (SSSR count). The molecule has 0 radical (unpaired) electrons. The SMILES string of the molecule is Cc1cc(C(CC#CBr)c2cc(F)ccc2F)c(=O)n(C)c1. The highest BCUT2D eigenvalue weighted by Crippen LogP contribution is 2.29. The van der Waals surface area contributed by atoms with Crippen LogP contribution in [0.15, 0.2) is 35.3 Å². The number of hydrogen-bond donors (Lipinski definition) is 0. The topological polar surface area (TPSA) is 22.0 Å². The summed E-state index contributed by atoms with van der Waals surface area (Å²) in [6.07, 6.45) is 1.91. The molecule has 1 aromatic carbocycles. The van der Waals surface area contributed by atoms with Crippen molar-refractivity contribution in [1.29, 1.82) is 0 Å². The molecule has 0 aliphatic carbocycles. The fraction of sp³-hybridized carbons (Fsp3) is 0.235. The van der Waals surface area contributed by atoms with Crippen molar-refractivity contribution in [3.8, 4) is 10.8 Å². The van der Waals surface area contributed by atoms with Gasteiger partial charge in [-0.3, -0.25) is 4.79 Å². The second-order valence-corrected chi connectivity index (χ2v) is 5.48. The van der Waals surface area contributed by atoms with Crippen LogP contribution in [0.5, 0.6) is 0 Å². The molecule has 0 aliphatic rings. The van der Waals surface area contributed by atoms with Crippen LogP contribution in [0.4, 0.5) is 8.78 Å². The molecular weight excluding hydrogens is 352 g/mol. The van der Waals surface area contributed by atoms with Crippen LogP contribution in [0, 0.1) is 29.3 Å². The van der Waals surface area contributed by atoms with E-state index in [1.807, 2.05) is 6.92 Å². The van der Waals surface area contributed by atoms with Crippen molar-refractivity contribution in [2.75, 3.05) is 0 Å². The van der Waals surface area contributed by atoms with Crippen LogP contribution in [0.2, 0.25) is 0 Å². The second-order valence-electron chi connectivity index (χ2n) is 5.08. The molecular formula is C17H14BrF2NO. The van der Waals surface area contributed by atoms with Gasteiger partial charge in [0.1, 0.15) is 11.6 Å². The van der Waals surface area contributed by atoms with Gasteiger partial charge in [0.2, 0.25) is 0 Å². The van der Waals surface area contributed by atoms with Crippen molar-refractivity contribution in [2.24, 2.45) is 7.05 Å². The maximum atomic E-state index is 14.1. The van der Waals surface area contributed by atoms with E-state index in [0.29, 0.717) is 5.56 Å². The normalized spacial score (nSPS) is 11.7. The number of nitrogens with zero attached hydrogens (tertiary/aromatic N) is 1. The molecule has 0 saturated heterocycles. The Morgan fingerprint density at radius 1 is 1.27 bits per heavy atom. The van der Waals surface area contributed by atoms with Gasteiger partial charge in [-0.2, -0.15) is 0 Å². The second kappa shape index (κ2) is 6.89. The van der Waals surface area contributed by atoms with Gasteiger partial charge in [-0.15, -0.1) is 0 Å². The summed E-state index contributed by atoms with van der Waals surface area (Å²) in [6.45, 7) is 1.85. The van der Waals surface area contributed by atoms with Crippen molar-refractivity contribution < 1.29 is 8.78 Å². The first-order chi connectivity index (χ1) is 10.4. The first kappa shape index (κ1) is 16.4. The largest absolute Gasteiger partial charge is 0.318 e. The third kappa shape index (κ3) is 3.45. The lowest BCUT2D eigenvalue weighted by atomic mass is 9.88. The van der Waals surface area contributed by atoms with Crippen molar-refractivity contribution in [1.82, 2.24) is 4.57 Å². The summed E-state index contributed by atoms with van der Waals surface area (Å²) in [5.74, 6) is 1.07. The summed E-state index contributed by atoms with van der Waals surface area (Å²) in [4.78, 5) is 14.9. The molecule has 0 fully saturated rings. The Labute approximate surface area is 135 Å². The number of pyridine rings is 1. The van der Waals surface area contributed by atoms with Gasteiger partial charge in [0.05, 0.1) is 0 Å². The van der Waals surface area contributed by atoms with E-state index in [9.17, 15) is 13.6 Å². The molecule has 0 aliphatic heterocycles. The molecule has 2 aromatic rings. The molecule has 5 heteroatoms. The zero-order chi connectivity index (χ0) is 16.3. The smallest absolute Gasteiger partial charge is 0.254 e. The first-order valence-corrected chi connectivity index (χ1v) is 7.44. The van der Waals surface area contributed by atoms with Crippen LogP contribution >= 0.6 is 15.9 Å². The Morgan fingerprint density at radius 2 is 2.00 bits per heavy atom. The Hall–Kier alpha value is -1.93. The van der Waals surface area contributed by atoms with Gasteiger partial charge < -0.3 is 4.57 Å². The summed E-state index contributed by atoms with van der Waals surface area (Å²) in [7, 11) is 1.63. The number of hydrogen-bond acceptors (Lipinski definition) is 1. The Balaban J connectivity index is 2.67. The van der Waals surface area contributed by atoms with Crippen LogP contribution in [0.1, 0.15) is 29.0 Å². The zero-order valence-corrected chi connectivity index (χ0v) is 13.7. The predicted octanol–water partition coefficient (Wildman–Crippen LogP) is 3.85. The fourth-order valence-electron chi connectivity index (χ4n) is 2.47. The van der Waals surface area contributed by atoms with E-state index < -0.39 is 17.6 Å². The van der Waals surface area contributed by atoms with E-state index in [4.69, 9.17) is 0 Å². The third-order valence-corrected chi connectivity index (χ3v) is 3.71. The lowest BCUT2D eigenvalue weighted by molar-refractivity contribution is 0.574. The molecule has 0 spiro atoms. The Morgan fingerprint density at radius 3 is 2.68 bits per heavy atom.